The minimum absolute atomic E-state index is 0.0518. The summed E-state index contributed by atoms with van der Waals surface area (Å²) in [5.74, 6) is 1.72. The number of anilines is 1. The van der Waals surface area contributed by atoms with E-state index in [-0.39, 0.29) is 5.92 Å². The Morgan fingerprint density at radius 1 is 1.16 bits per heavy atom. The van der Waals surface area contributed by atoms with E-state index in [1.807, 2.05) is 31.0 Å². The maximum atomic E-state index is 8.87. The van der Waals surface area contributed by atoms with Crippen LogP contribution >= 0.6 is 0 Å². The molecule has 0 amide bonds. The lowest BCUT2D eigenvalue weighted by molar-refractivity contribution is 0.324. The van der Waals surface area contributed by atoms with Gasteiger partial charge in [0.15, 0.2) is 11.5 Å². The van der Waals surface area contributed by atoms with Gasteiger partial charge < -0.3 is 19.1 Å². The van der Waals surface area contributed by atoms with E-state index in [2.05, 4.69) is 6.07 Å². The minimum atomic E-state index is -0.0518. The van der Waals surface area contributed by atoms with Gasteiger partial charge in [-0.1, -0.05) is 0 Å². The SMILES string of the molecule is COc1cc(N(C)CC(C)C#N)cc(OC)c1OC. The first kappa shape index (κ1) is 15.0. The predicted octanol–water partition coefficient (Wildman–Crippen LogP) is 2.31. The Hall–Kier alpha value is -2.09. The monoisotopic (exact) mass is 264 g/mol. The lowest BCUT2D eigenvalue weighted by Gasteiger charge is -2.23. The molecule has 0 saturated carbocycles. The normalized spacial score (nSPS) is 11.4. The van der Waals surface area contributed by atoms with Crippen LogP contribution in [0.4, 0.5) is 5.69 Å². The molecule has 1 unspecified atom stereocenters. The summed E-state index contributed by atoms with van der Waals surface area (Å²) in [4.78, 5) is 1.98. The van der Waals surface area contributed by atoms with Gasteiger partial charge >= 0.3 is 0 Å². The van der Waals surface area contributed by atoms with E-state index in [1.165, 1.54) is 0 Å². The zero-order valence-corrected chi connectivity index (χ0v) is 12.1. The fraction of sp³-hybridized carbons (Fsp3) is 0.500. The number of hydrogen-bond donors (Lipinski definition) is 0. The molecule has 0 fully saturated rings. The van der Waals surface area contributed by atoms with Crippen molar-refractivity contribution in [3.05, 3.63) is 12.1 Å². The zero-order chi connectivity index (χ0) is 14.4. The molecule has 0 bridgehead atoms. The van der Waals surface area contributed by atoms with Gasteiger partial charge in [-0.25, -0.2) is 0 Å². The second-order valence-electron chi connectivity index (χ2n) is 4.29. The highest BCUT2D eigenvalue weighted by atomic mass is 16.5. The van der Waals surface area contributed by atoms with Crippen molar-refractivity contribution >= 4 is 5.69 Å². The van der Waals surface area contributed by atoms with E-state index in [1.54, 1.807) is 21.3 Å². The Labute approximate surface area is 114 Å². The van der Waals surface area contributed by atoms with Gasteiger partial charge in [0.05, 0.1) is 33.3 Å². The van der Waals surface area contributed by atoms with Gasteiger partial charge in [-0.2, -0.15) is 5.26 Å². The van der Waals surface area contributed by atoms with E-state index < -0.39 is 0 Å². The second kappa shape index (κ2) is 6.74. The molecule has 0 heterocycles. The highest BCUT2D eigenvalue weighted by Gasteiger charge is 2.15. The fourth-order valence-electron chi connectivity index (χ4n) is 1.84. The van der Waals surface area contributed by atoms with Crippen LogP contribution in [0.15, 0.2) is 12.1 Å². The summed E-state index contributed by atoms with van der Waals surface area (Å²) >= 11 is 0. The largest absolute Gasteiger partial charge is 0.493 e. The molecule has 0 aliphatic rings. The molecular weight excluding hydrogens is 244 g/mol. The number of benzene rings is 1. The Kier molecular flexibility index (Phi) is 5.31. The molecule has 0 aromatic heterocycles. The summed E-state index contributed by atoms with van der Waals surface area (Å²) in [6, 6.07) is 5.95. The molecule has 1 aromatic carbocycles. The zero-order valence-electron chi connectivity index (χ0n) is 12.1. The molecular formula is C14H20N2O3. The Balaban J connectivity index is 3.12. The summed E-state index contributed by atoms with van der Waals surface area (Å²) < 4.78 is 15.9. The predicted molar refractivity (Wildman–Crippen MR) is 74.1 cm³/mol. The van der Waals surface area contributed by atoms with Crippen LogP contribution in [-0.4, -0.2) is 34.9 Å². The third-order valence-electron chi connectivity index (χ3n) is 2.86. The van der Waals surface area contributed by atoms with Crippen molar-refractivity contribution in [2.24, 2.45) is 5.92 Å². The Morgan fingerprint density at radius 3 is 2.05 bits per heavy atom. The van der Waals surface area contributed by atoms with Crippen LogP contribution in [0.2, 0.25) is 0 Å². The maximum absolute atomic E-state index is 8.87. The molecule has 104 valence electrons. The average molecular weight is 264 g/mol. The van der Waals surface area contributed by atoms with Gasteiger partial charge in [0.2, 0.25) is 5.75 Å². The average Bonchev–Trinajstić information content (AvgIpc) is 2.44. The summed E-state index contributed by atoms with van der Waals surface area (Å²) in [7, 11) is 6.66. The molecule has 0 spiro atoms. The molecule has 0 saturated heterocycles. The number of hydrogen-bond acceptors (Lipinski definition) is 5. The number of nitriles is 1. The first-order valence-corrected chi connectivity index (χ1v) is 5.98. The third kappa shape index (κ3) is 3.44. The van der Waals surface area contributed by atoms with Crippen molar-refractivity contribution in [2.75, 3.05) is 39.8 Å². The Morgan fingerprint density at radius 2 is 1.68 bits per heavy atom. The molecule has 1 rings (SSSR count). The summed E-state index contributed by atoms with van der Waals surface area (Å²) in [6.45, 7) is 2.52. The molecule has 19 heavy (non-hydrogen) atoms. The third-order valence-corrected chi connectivity index (χ3v) is 2.86. The van der Waals surface area contributed by atoms with Crippen molar-refractivity contribution in [2.45, 2.75) is 6.92 Å². The highest BCUT2D eigenvalue weighted by molar-refractivity contribution is 5.63. The molecule has 0 N–H and O–H groups in total. The van der Waals surface area contributed by atoms with Gasteiger partial charge in [-0.3, -0.25) is 0 Å². The first-order chi connectivity index (χ1) is 9.07. The van der Waals surface area contributed by atoms with Crippen LogP contribution in [-0.2, 0) is 0 Å². The molecule has 5 nitrogen and oxygen atoms in total. The van der Waals surface area contributed by atoms with E-state index in [0.29, 0.717) is 23.8 Å². The Bertz CT molecular complexity index is 443. The lowest BCUT2D eigenvalue weighted by Crippen LogP contribution is -2.23. The van der Waals surface area contributed by atoms with Crippen molar-refractivity contribution in [1.82, 2.24) is 0 Å². The number of ether oxygens (including phenoxy) is 3. The molecule has 1 atom stereocenters. The van der Waals surface area contributed by atoms with Gasteiger partial charge in [-0.15, -0.1) is 0 Å². The highest BCUT2D eigenvalue weighted by Crippen LogP contribution is 2.40. The van der Waals surface area contributed by atoms with Crippen molar-refractivity contribution in [1.29, 1.82) is 5.26 Å². The van der Waals surface area contributed by atoms with Crippen LogP contribution in [0.5, 0.6) is 17.2 Å². The van der Waals surface area contributed by atoms with Gasteiger partial charge in [-0.05, 0) is 6.92 Å². The smallest absolute Gasteiger partial charge is 0.203 e. The van der Waals surface area contributed by atoms with Gasteiger partial charge in [0, 0.05) is 31.4 Å². The number of rotatable bonds is 6. The maximum Gasteiger partial charge on any atom is 0.203 e. The van der Waals surface area contributed by atoms with E-state index >= 15 is 0 Å². The first-order valence-electron chi connectivity index (χ1n) is 5.98. The van der Waals surface area contributed by atoms with E-state index in [4.69, 9.17) is 19.5 Å². The van der Waals surface area contributed by atoms with Crippen molar-refractivity contribution in [3.63, 3.8) is 0 Å². The second-order valence-corrected chi connectivity index (χ2v) is 4.29. The molecule has 5 heteroatoms. The lowest BCUT2D eigenvalue weighted by atomic mass is 10.1. The van der Waals surface area contributed by atoms with Crippen LogP contribution < -0.4 is 19.1 Å². The molecule has 0 aliphatic heterocycles. The van der Waals surface area contributed by atoms with Crippen LogP contribution in [0, 0.1) is 17.2 Å². The van der Waals surface area contributed by atoms with E-state index in [0.717, 1.165) is 5.69 Å². The quantitative estimate of drug-likeness (QED) is 0.789. The number of methoxy groups -OCH3 is 3. The van der Waals surface area contributed by atoms with Gasteiger partial charge in [0.1, 0.15) is 0 Å². The van der Waals surface area contributed by atoms with Crippen molar-refractivity contribution < 1.29 is 14.2 Å². The minimum Gasteiger partial charge on any atom is -0.493 e. The number of nitrogens with zero attached hydrogens (tertiary/aromatic N) is 2. The standard InChI is InChI=1S/C14H20N2O3/c1-10(8-15)9-16(2)11-6-12(17-3)14(19-5)13(7-11)18-4/h6-7,10H,9H2,1-5H3. The molecule has 0 aliphatic carbocycles. The van der Waals surface area contributed by atoms with Crippen LogP contribution in [0.3, 0.4) is 0 Å². The summed E-state index contributed by atoms with van der Waals surface area (Å²) in [5, 5.41) is 8.87. The van der Waals surface area contributed by atoms with Crippen LogP contribution in [0.25, 0.3) is 0 Å². The molecule has 0 radical (unpaired) electrons. The van der Waals surface area contributed by atoms with Gasteiger partial charge in [0.25, 0.3) is 0 Å². The molecule has 1 aromatic rings. The van der Waals surface area contributed by atoms with Crippen molar-refractivity contribution in [3.8, 4) is 23.3 Å². The van der Waals surface area contributed by atoms with E-state index in [9.17, 15) is 0 Å². The summed E-state index contributed by atoms with van der Waals surface area (Å²) in [5.41, 5.74) is 0.914. The fourth-order valence-corrected chi connectivity index (χ4v) is 1.84. The topological polar surface area (TPSA) is 54.7 Å². The summed E-state index contributed by atoms with van der Waals surface area (Å²) in [6.07, 6.45) is 0. The van der Waals surface area contributed by atoms with Crippen LogP contribution in [0.1, 0.15) is 6.92 Å².